The number of amidine groups is 1. The van der Waals surface area contributed by atoms with Crippen molar-refractivity contribution in [1.29, 1.82) is 0 Å². The average Bonchev–Trinajstić information content (AvgIpc) is 2.37. The molecule has 0 amide bonds. The first-order valence-electron chi connectivity index (χ1n) is 5.01. The van der Waals surface area contributed by atoms with Gasteiger partial charge < -0.3 is 20.4 Å². The summed E-state index contributed by atoms with van der Waals surface area (Å²) in [5, 5.41) is 11.8. The summed E-state index contributed by atoms with van der Waals surface area (Å²) in [5.74, 6) is 0.631. The van der Waals surface area contributed by atoms with Crippen LogP contribution in [-0.4, -0.2) is 37.6 Å². The topological polar surface area (TPSA) is 77.1 Å². The van der Waals surface area contributed by atoms with E-state index < -0.39 is 0 Å². The summed E-state index contributed by atoms with van der Waals surface area (Å²) in [7, 11) is 1.60. The van der Waals surface area contributed by atoms with Crippen molar-refractivity contribution in [2.24, 2.45) is 10.9 Å². The van der Waals surface area contributed by atoms with Gasteiger partial charge in [-0.15, -0.1) is 11.8 Å². The maximum Gasteiger partial charge on any atom is 0.174 e. The van der Waals surface area contributed by atoms with Gasteiger partial charge in [0.05, 0.1) is 12.2 Å². The Bertz CT molecular complexity index is 396. The van der Waals surface area contributed by atoms with Crippen LogP contribution in [-0.2, 0) is 4.74 Å². The molecule has 1 rings (SSSR count). The van der Waals surface area contributed by atoms with E-state index in [2.05, 4.69) is 5.16 Å². The first-order valence-corrected chi connectivity index (χ1v) is 6.23. The lowest BCUT2D eigenvalue weighted by molar-refractivity contribution is 0.146. The standard InChI is InChI=1S/C11H16N2O3S/c1-15-6-7-16-8-4-3-5-9(17-2)10(8)11(12)13-14/h3-5,14H,6-7H2,1-2H3,(H2,12,13). The molecule has 1 aromatic carbocycles. The lowest BCUT2D eigenvalue weighted by Crippen LogP contribution is -2.17. The fourth-order valence-electron chi connectivity index (χ4n) is 1.34. The number of hydrogen-bond acceptors (Lipinski definition) is 5. The molecule has 1 aromatic rings. The van der Waals surface area contributed by atoms with E-state index in [0.717, 1.165) is 4.90 Å². The van der Waals surface area contributed by atoms with Crippen molar-refractivity contribution in [2.75, 3.05) is 26.6 Å². The number of thioether (sulfide) groups is 1. The van der Waals surface area contributed by atoms with E-state index in [-0.39, 0.29) is 5.84 Å². The smallest absolute Gasteiger partial charge is 0.174 e. The zero-order chi connectivity index (χ0) is 12.7. The Morgan fingerprint density at radius 3 is 2.82 bits per heavy atom. The van der Waals surface area contributed by atoms with Gasteiger partial charge in [0.1, 0.15) is 12.4 Å². The summed E-state index contributed by atoms with van der Waals surface area (Å²) < 4.78 is 10.4. The quantitative estimate of drug-likeness (QED) is 0.201. The molecular formula is C11H16N2O3S. The molecule has 3 N–H and O–H groups in total. The summed E-state index contributed by atoms with van der Waals surface area (Å²) in [6.45, 7) is 0.902. The number of methoxy groups -OCH3 is 1. The Morgan fingerprint density at radius 1 is 1.47 bits per heavy atom. The second kappa shape index (κ2) is 7.03. The fraction of sp³-hybridized carbons (Fsp3) is 0.364. The highest BCUT2D eigenvalue weighted by Crippen LogP contribution is 2.28. The molecule has 17 heavy (non-hydrogen) atoms. The third-order valence-electron chi connectivity index (χ3n) is 2.12. The van der Waals surface area contributed by atoms with E-state index in [1.807, 2.05) is 18.4 Å². The summed E-state index contributed by atoms with van der Waals surface area (Å²) in [6, 6.07) is 5.53. The predicted molar refractivity (Wildman–Crippen MR) is 68.1 cm³/mol. The van der Waals surface area contributed by atoms with Gasteiger partial charge in [0.25, 0.3) is 0 Å². The first-order chi connectivity index (χ1) is 8.24. The van der Waals surface area contributed by atoms with Crippen LogP contribution in [0, 0.1) is 0 Å². The molecule has 0 aromatic heterocycles. The first kappa shape index (κ1) is 13.7. The van der Waals surface area contributed by atoms with Gasteiger partial charge in [0.2, 0.25) is 0 Å². The number of nitrogens with two attached hydrogens (primary N) is 1. The van der Waals surface area contributed by atoms with Gasteiger partial charge in [-0.3, -0.25) is 0 Å². The largest absolute Gasteiger partial charge is 0.490 e. The van der Waals surface area contributed by atoms with Gasteiger partial charge in [-0.05, 0) is 18.4 Å². The minimum absolute atomic E-state index is 0.0439. The van der Waals surface area contributed by atoms with Crippen molar-refractivity contribution in [3.63, 3.8) is 0 Å². The third kappa shape index (κ3) is 3.54. The van der Waals surface area contributed by atoms with Crippen molar-refractivity contribution in [3.05, 3.63) is 23.8 Å². The molecule has 0 atom stereocenters. The maximum atomic E-state index is 8.78. The Labute approximate surface area is 105 Å². The van der Waals surface area contributed by atoms with Gasteiger partial charge >= 0.3 is 0 Å². The monoisotopic (exact) mass is 256 g/mol. The summed E-state index contributed by atoms with van der Waals surface area (Å²) in [6.07, 6.45) is 1.92. The van der Waals surface area contributed by atoms with Crippen molar-refractivity contribution in [3.8, 4) is 5.75 Å². The van der Waals surface area contributed by atoms with Gasteiger partial charge in [0, 0.05) is 12.0 Å². The van der Waals surface area contributed by atoms with Crippen LogP contribution < -0.4 is 10.5 Å². The molecule has 0 saturated heterocycles. The predicted octanol–water partition coefficient (Wildman–Crippen LogP) is 1.53. The van der Waals surface area contributed by atoms with E-state index in [9.17, 15) is 0 Å². The Hall–Kier alpha value is -1.40. The van der Waals surface area contributed by atoms with Crippen LogP contribution in [0.5, 0.6) is 5.75 Å². The van der Waals surface area contributed by atoms with Gasteiger partial charge in [0.15, 0.2) is 5.84 Å². The van der Waals surface area contributed by atoms with E-state index in [1.165, 1.54) is 11.8 Å². The van der Waals surface area contributed by atoms with Crippen molar-refractivity contribution in [2.45, 2.75) is 4.90 Å². The van der Waals surface area contributed by atoms with Gasteiger partial charge in [-0.1, -0.05) is 11.2 Å². The second-order valence-electron chi connectivity index (χ2n) is 3.16. The molecule has 0 radical (unpaired) electrons. The zero-order valence-corrected chi connectivity index (χ0v) is 10.7. The molecule has 0 bridgehead atoms. The third-order valence-corrected chi connectivity index (χ3v) is 2.90. The van der Waals surface area contributed by atoms with E-state index in [4.69, 9.17) is 20.4 Å². The number of nitrogens with zero attached hydrogens (tertiary/aromatic N) is 1. The molecule has 0 heterocycles. The number of hydrogen-bond donors (Lipinski definition) is 2. The van der Waals surface area contributed by atoms with Crippen LogP contribution in [0.25, 0.3) is 0 Å². The van der Waals surface area contributed by atoms with Crippen molar-refractivity contribution >= 4 is 17.6 Å². The normalized spacial score (nSPS) is 11.5. The fourth-order valence-corrected chi connectivity index (χ4v) is 1.96. The Balaban J connectivity index is 3.02. The van der Waals surface area contributed by atoms with E-state index >= 15 is 0 Å². The van der Waals surface area contributed by atoms with Crippen LogP contribution >= 0.6 is 11.8 Å². The molecule has 6 heteroatoms. The average molecular weight is 256 g/mol. The Kier molecular flexibility index (Phi) is 5.65. The van der Waals surface area contributed by atoms with Crippen molar-refractivity contribution < 1.29 is 14.7 Å². The highest BCUT2D eigenvalue weighted by atomic mass is 32.2. The maximum absolute atomic E-state index is 8.78. The summed E-state index contributed by atoms with van der Waals surface area (Å²) in [5.41, 5.74) is 6.26. The lowest BCUT2D eigenvalue weighted by Gasteiger charge is -2.13. The summed E-state index contributed by atoms with van der Waals surface area (Å²) in [4.78, 5) is 0.898. The second-order valence-corrected chi connectivity index (χ2v) is 4.01. The molecule has 0 aliphatic carbocycles. The van der Waals surface area contributed by atoms with Crippen LogP contribution in [0.1, 0.15) is 5.56 Å². The Morgan fingerprint density at radius 2 is 2.24 bits per heavy atom. The number of oxime groups is 1. The summed E-state index contributed by atoms with van der Waals surface area (Å²) >= 11 is 1.51. The SMILES string of the molecule is COCCOc1cccc(SC)c1/C(N)=N/O. The van der Waals surface area contributed by atoms with Crippen molar-refractivity contribution in [1.82, 2.24) is 0 Å². The van der Waals surface area contributed by atoms with Crippen LogP contribution in [0.2, 0.25) is 0 Å². The molecule has 0 aliphatic heterocycles. The molecule has 0 aliphatic rings. The lowest BCUT2D eigenvalue weighted by atomic mass is 10.2. The number of benzene rings is 1. The molecule has 0 saturated carbocycles. The van der Waals surface area contributed by atoms with Gasteiger partial charge in [-0.25, -0.2) is 0 Å². The van der Waals surface area contributed by atoms with E-state index in [0.29, 0.717) is 24.5 Å². The molecule has 0 unspecified atom stereocenters. The number of rotatable bonds is 6. The minimum Gasteiger partial charge on any atom is -0.490 e. The highest BCUT2D eigenvalue weighted by molar-refractivity contribution is 7.98. The number of ether oxygens (including phenoxy) is 2. The highest BCUT2D eigenvalue weighted by Gasteiger charge is 2.13. The zero-order valence-electron chi connectivity index (χ0n) is 9.84. The van der Waals surface area contributed by atoms with Gasteiger partial charge in [-0.2, -0.15) is 0 Å². The van der Waals surface area contributed by atoms with Crippen LogP contribution in [0.15, 0.2) is 28.3 Å². The van der Waals surface area contributed by atoms with E-state index in [1.54, 1.807) is 13.2 Å². The minimum atomic E-state index is 0.0439. The molecule has 94 valence electrons. The molecule has 0 fully saturated rings. The van der Waals surface area contributed by atoms with Crippen LogP contribution in [0.3, 0.4) is 0 Å². The molecule has 5 nitrogen and oxygen atoms in total. The molecule has 0 spiro atoms. The van der Waals surface area contributed by atoms with Crippen LogP contribution in [0.4, 0.5) is 0 Å². The molecular weight excluding hydrogens is 240 g/mol.